The van der Waals surface area contributed by atoms with Gasteiger partial charge in [0.05, 0.1) is 18.5 Å². The Kier molecular flexibility index (Phi) is 3.95. The van der Waals surface area contributed by atoms with Gasteiger partial charge in [-0.05, 0) is 36.4 Å². The molecule has 0 saturated carbocycles. The Morgan fingerprint density at radius 2 is 1.80 bits per heavy atom. The van der Waals surface area contributed by atoms with Crippen molar-refractivity contribution >= 4 is 28.8 Å². The Hall–Kier alpha value is -2.89. The number of amides is 1. The lowest BCUT2D eigenvalue weighted by molar-refractivity contribution is 0.210. The van der Waals surface area contributed by atoms with Gasteiger partial charge in [0.25, 0.3) is 0 Å². The van der Waals surface area contributed by atoms with Crippen molar-refractivity contribution in [1.82, 2.24) is 0 Å². The highest BCUT2D eigenvalue weighted by atomic mass is 16.5. The van der Waals surface area contributed by atoms with E-state index >= 15 is 0 Å². The van der Waals surface area contributed by atoms with Crippen LogP contribution in [0.3, 0.4) is 0 Å². The van der Waals surface area contributed by atoms with Crippen LogP contribution in [0, 0.1) is 0 Å². The van der Waals surface area contributed by atoms with Crippen molar-refractivity contribution in [3.05, 3.63) is 42.5 Å². The molecule has 0 aliphatic carbocycles. The maximum Gasteiger partial charge on any atom is 0.409 e. The third-order valence-corrected chi connectivity index (χ3v) is 2.67. The van der Waals surface area contributed by atoms with Crippen LogP contribution in [-0.4, -0.2) is 18.3 Å². The number of nitrogen functional groups attached to an aromatic ring is 1. The van der Waals surface area contributed by atoms with Crippen LogP contribution in [0.4, 0.5) is 27.5 Å². The number of carboxylic acid groups (broad SMARTS) is 1. The quantitative estimate of drug-likeness (QED) is 0.642. The lowest BCUT2D eigenvalue weighted by atomic mass is 10.2. The van der Waals surface area contributed by atoms with Crippen LogP contribution in [0.15, 0.2) is 42.5 Å². The maximum absolute atomic E-state index is 10.5. The van der Waals surface area contributed by atoms with Crippen molar-refractivity contribution in [2.45, 2.75) is 0 Å². The Labute approximate surface area is 116 Å². The molecule has 0 aliphatic heterocycles. The Morgan fingerprint density at radius 1 is 1.15 bits per heavy atom. The summed E-state index contributed by atoms with van der Waals surface area (Å²) in [6, 6.07) is 12.2. The second-order valence-corrected chi connectivity index (χ2v) is 4.09. The summed E-state index contributed by atoms with van der Waals surface area (Å²) >= 11 is 0. The highest BCUT2D eigenvalue weighted by Gasteiger charge is 2.02. The smallest absolute Gasteiger partial charge is 0.409 e. The van der Waals surface area contributed by atoms with E-state index in [1.165, 1.54) is 0 Å². The Balaban J connectivity index is 2.12. The molecule has 0 bridgehead atoms. The van der Waals surface area contributed by atoms with Crippen LogP contribution < -0.4 is 21.1 Å². The van der Waals surface area contributed by atoms with E-state index < -0.39 is 6.09 Å². The van der Waals surface area contributed by atoms with Crippen molar-refractivity contribution in [1.29, 1.82) is 0 Å². The van der Waals surface area contributed by atoms with E-state index in [2.05, 4.69) is 10.6 Å². The largest absolute Gasteiger partial charge is 0.497 e. The molecule has 6 nitrogen and oxygen atoms in total. The van der Waals surface area contributed by atoms with Crippen LogP contribution in [0.5, 0.6) is 5.75 Å². The molecule has 20 heavy (non-hydrogen) atoms. The molecule has 0 radical (unpaired) electrons. The average molecular weight is 273 g/mol. The number of hydrogen-bond acceptors (Lipinski definition) is 4. The summed E-state index contributed by atoms with van der Waals surface area (Å²) in [5, 5.41) is 14.0. The minimum absolute atomic E-state index is 0.505. The molecule has 0 fully saturated rings. The van der Waals surface area contributed by atoms with Crippen LogP contribution in [0.2, 0.25) is 0 Å². The molecular formula is C14H15N3O3. The number of nitrogens with one attached hydrogen (secondary N) is 2. The molecule has 0 aliphatic rings. The second-order valence-electron chi connectivity index (χ2n) is 4.09. The molecule has 0 aromatic heterocycles. The van der Waals surface area contributed by atoms with Gasteiger partial charge in [0.1, 0.15) is 5.75 Å². The molecule has 2 aromatic carbocycles. The summed E-state index contributed by atoms with van der Waals surface area (Å²) < 4.78 is 5.08. The monoisotopic (exact) mass is 273 g/mol. The molecule has 1 amide bonds. The zero-order valence-corrected chi connectivity index (χ0v) is 10.9. The van der Waals surface area contributed by atoms with E-state index in [-0.39, 0.29) is 0 Å². The number of ether oxygens (including phenoxy) is 1. The van der Waals surface area contributed by atoms with E-state index in [1.807, 2.05) is 6.07 Å². The first-order chi connectivity index (χ1) is 9.58. The molecule has 0 spiro atoms. The minimum atomic E-state index is -1.09. The van der Waals surface area contributed by atoms with Crippen LogP contribution in [0.1, 0.15) is 0 Å². The van der Waals surface area contributed by atoms with E-state index in [0.29, 0.717) is 17.1 Å². The number of hydrogen-bond donors (Lipinski definition) is 4. The summed E-state index contributed by atoms with van der Waals surface area (Å²) in [5.41, 5.74) is 8.54. The molecule has 6 heteroatoms. The topological polar surface area (TPSA) is 96.6 Å². The molecule has 0 unspecified atom stereocenters. The van der Waals surface area contributed by atoms with Gasteiger partial charge in [0.15, 0.2) is 0 Å². The fraction of sp³-hybridized carbons (Fsp3) is 0.0714. The number of carbonyl (C=O) groups is 1. The Morgan fingerprint density at radius 3 is 2.35 bits per heavy atom. The van der Waals surface area contributed by atoms with Gasteiger partial charge in [-0.25, -0.2) is 4.79 Å². The highest BCUT2D eigenvalue weighted by molar-refractivity contribution is 5.83. The van der Waals surface area contributed by atoms with Crippen molar-refractivity contribution in [3.63, 3.8) is 0 Å². The standard InChI is InChI=1S/C14H15N3O3/c1-20-11-6-7-13(12(15)8-11)16-9-2-4-10(5-3-9)17-14(18)19/h2-8,16-17H,15H2,1H3,(H,18,19). The van der Waals surface area contributed by atoms with Gasteiger partial charge in [-0.3, -0.25) is 5.32 Å². The van der Waals surface area contributed by atoms with Gasteiger partial charge in [0, 0.05) is 17.4 Å². The summed E-state index contributed by atoms with van der Waals surface area (Å²) in [6.07, 6.45) is -1.09. The number of methoxy groups -OCH3 is 1. The molecule has 104 valence electrons. The summed E-state index contributed by atoms with van der Waals surface area (Å²) in [4.78, 5) is 10.5. The molecular weight excluding hydrogens is 258 g/mol. The van der Waals surface area contributed by atoms with Crippen LogP contribution in [0.25, 0.3) is 0 Å². The fourth-order valence-corrected chi connectivity index (χ4v) is 1.70. The third-order valence-electron chi connectivity index (χ3n) is 2.67. The zero-order chi connectivity index (χ0) is 14.5. The van der Waals surface area contributed by atoms with Crippen molar-refractivity contribution in [2.24, 2.45) is 0 Å². The fourth-order valence-electron chi connectivity index (χ4n) is 1.70. The molecule has 0 atom stereocenters. The SMILES string of the molecule is COc1ccc(Nc2ccc(NC(=O)O)cc2)c(N)c1. The van der Waals surface area contributed by atoms with Gasteiger partial charge in [-0.15, -0.1) is 0 Å². The normalized spacial score (nSPS) is 9.85. The van der Waals surface area contributed by atoms with Crippen molar-refractivity contribution in [2.75, 3.05) is 23.5 Å². The van der Waals surface area contributed by atoms with Crippen molar-refractivity contribution in [3.8, 4) is 5.75 Å². The Bertz CT molecular complexity index is 612. The summed E-state index contributed by atoms with van der Waals surface area (Å²) in [6.45, 7) is 0. The number of benzene rings is 2. The predicted molar refractivity (Wildman–Crippen MR) is 78.8 cm³/mol. The van der Waals surface area contributed by atoms with E-state index in [1.54, 1.807) is 43.5 Å². The molecule has 0 saturated heterocycles. The van der Waals surface area contributed by atoms with E-state index in [4.69, 9.17) is 15.6 Å². The highest BCUT2D eigenvalue weighted by Crippen LogP contribution is 2.27. The maximum atomic E-state index is 10.5. The second kappa shape index (κ2) is 5.83. The average Bonchev–Trinajstić information content (AvgIpc) is 2.42. The lowest BCUT2D eigenvalue weighted by Gasteiger charge is -2.11. The lowest BCUT2D eigenvalue weighted by Crippen LogP contribution is -2.06. The van der Waals surface area contributed by atoms with Crippen molar-refractivity contribution < 1.29 is 14.6 Å². The number of nitrogens with two attached hydrogens (primary N) is 1. The van der Waals surface area contributed by atoms with Gasteiger partial charge in [-0.2, -0.15) is 0 Å². The van der Waals surface area contributed by atoms with Crippen LogP contribution >= 0.6 is 0 Å². The van der Waals surface area contributed by atoms with Gasteiger partial charge >= 0.3 is 6.09 Å². The zero-order valence-electron chi connectivity index (χ0n) is 10.9. The van der Waals surface area contributed by atoms with E-state index in [0.717, 1.165) is 11.4 Å². The third kappa shape index (κ3) is 3.32. The molecule has 0 heterocycles. The van der Waals surface area contributed by atoms with Crippen LogP contribution in [-0.2, 0) is 0 Å². The molecule has 2 aromatic rings. The number of anilines is 4. The first-order valence-corrected chi connectivity index (χ1v) is 5.89. The first-order valence-electron chi connectivity index (χ1n) is 5.89. The summed E-state index contributed by atoms with van der Waals surface area (Å²) in [7, 11) is 1.58. The molecule has 5 N–H and O–H groups in total. The van der Waals surface area contributed by atoms with E-state index in [9.17, 15) is 4.79 Å². The van der Waals surface area contributed by atoms with Gasteiger partial charge in [-0.1, -0.05) is 0 Å². The van der Waals surface area contributed by atoms with Gasteiger partial charge in [0.2, 0.25) is 0 Å². The predicted octanol–water partition coefficient (Wildman–Crippen LogP) is 3.11. The number of rotatable bonds is 4. The van der Waals surface area contributed by atoms with Gasteiger partial charge < -0.3 is 20.9 Å². The molecule has 2 rings (SSSR count). The first kappa shape index (κ1) is 13.5. The summed E-state index contributed by atoms with van der Waals surface area (Å²) in [5.74, 6) is 0.689. The minimum Gasteiger partial charge on any atom is -0.497 e.